The topological polar surface area (TPSA) is 232 Å². The van der Waals surface area contributed by atoms with E-state index in [-0.39, 0.29) is 42.0 Å². The van der Waals surface area contributed by atoms with Gasteiger partial charge in [0.15, 0.2) is 0 Å². The lowest BCUT2D eigenvalue weighted by Crippen LogP contribution is -2.37. The number of nitrogens with one attached hydrogen (secondary N) is 4. The Kier molecular flexibility index (Phi) is 10.3. The number of urea groups is 2. The van der Waals surface area contributed by atoms with Gasteiger partial charge < -0.3 is 26.9 Å². The molecule has 3 rings (SSSR count). The molecule has 0 radical (unpaired) electrons. The molecule has 15 nitrogen and oxygen atoms in total. The van der Waals surface area contributed by atoms with E-state index in [0.29, 0.717) is 24.1 Å². The van der Waals surface area contributed by atoms with E-state index in [9.17, 15) is 14.4 Å². The monoisotopic (exact) mass is 539 g/mol. The van der Waals surface area contributed by atoms with Crippen LogP contribution in [0, 0.1) is 0 Å². The second kappa shape index (κ2) is 14.1. The molecule has 5 amide bonds. The number of aliphatic hydroxyl groups is 1. The third-order valence-electron chi connectivity index (χ3n) is 5.13. The maximum absolute atomic E-state index is 12.6. The Bertz CT molecular complexity index is 1300. The van der Waals surface area contributed by atoms with Crippen molar-refractivity contribution in [1.82, 2.24) is 15.0 Å². The lowest BCUT2D eigenvalue weighted by molar-refractivity contribution is 0.0995. The van der Waals surface area contributed by atoms with Crippen molar-refractivity contribution in [3.05, 3.63) is 64.1 Å². The molecule has 1 aromatic carbocycles. The Hall–Kier alpha value is -4.79. The molecule has 0 aliphatic heterocycles. The minimum atomic E-state index is -0.791. The van der Waals surface area contributed by atoms with E-state index in [1.807, 2.05) is 12.2 Å². The maximum atomic E-state index is 12.6. The fourth-order valence-electron chi connectivity index (χ4n) is 3.35. The smallest absolute Gasteiger partial charge is 0.319 e. The van der Waals surface area contributed by atoms with Gasteiger partial charge in [-0.3, -0.25) is 10.1 Å². The highest BCUT2D eigenvalue weighted by Crippen LogP contribution is 2.33. The van der Waals surface area contributed by atoms with E-state index < -0.39 is 18.0 Å². The number of amides is 5. The highest BCUT2D eigenvalue weighted by Gasteiger charge is 2.24. The van der Waals surface area contributed by atoms with Crippen molar-refractivity contribution >= 4 is 40.2 Å². The molecule has 0 spiro atoms. The maximum Gasteiger partial charge on any atom is 0.319 e. The molecule has 16 heteroatoms. The molecule has 38 heavy (non-hydrogen) atoms. The second-order valence-corrected chi connectivity index (χ2v) is 8.53. The highest BCUT2D eigenvalue weighted by atomic mass is 32.1. The van der Waals surface area contributed by atoms with Crippen molar-refractivity contribution in [3.8, 4) is 11.3 Å². The van der Waals surface area contributed by atoms with E-state index in [1.165, 1.54) is 0 Å². The molecule has 1 aromatic heterocycles. The molecule has 198 valence electrons. The van der Waals surface area contributed by atoms with Crippen LogP contribution in [0.1, 0.15) is 23.2 Å². The number of carbonyl (C=O) groups is 3. The number of benzene rings is 1. The van der Waals surface area contributed by atoms with Crippen LogP contribution in [-0.2, 0) is 0 Å². The summed E-state index contributed by atoms with van der Waals surface area (Å²) < 4.78 is 4.29. The largest absolute Gasteiger partial charge is 0.396 e. The third kappa shape index (κ3) is 7.86. The fourth-order valence-corrected chi connectivity index (χ4v) is 4.14. The minimum absolute atomic E-state index is 0.0110. The predicted octanol–water partition coefficient (Wildman–Crippen LogP) is 3.47. The molecule has 0 bridgehead atoms. The Morgan fingerprint density at radius 3 is 2.66 bits per heavy atom. The van der Waals surface area contributed by atoms with Gasteiger partial charge in [0.1, 0.15) is 10.6 Å². The Morgan fingerprint density at radius 2 is 2.00 bits per heavy atom. The quantitative estimate of drug-likeness (QED) is 0.0660. The summed E-state index contributed by atoms with van der Waals surface area (Å²) in [5.74, 6) is 4.25. The zero-order valence-electron chi connectivity index (χ0n) is 20.0. The molecule has 0 saturated carbocycles. The van der Waals surface area contributed by atoms with Crippen LogP contribution >= 0.6 is 11.5 Å². The first-order chi connectivity index (χ1) is 18.4. The number of aromatic nitrogens is 1. The molecule has 1 heterocycles. The molecule has 0 saturated heterocycles. The Morgan fingerprint density at radius 1 is 1.21 bits per heavy atom. The van der Waals surface area contributed by atoms with Gasteiger partial charge >= 0.3 is 18.0 Å². The molecule has 7 N–H and O–H groups in total. The third-order valence-corrected chi connectivity index (χ3v) is 5.89. The van der Waals surface area contributed by atoms with Crippen LogP contribution in [0.15, 0.2) is 63.5 Å². The summed E-state index contributed by atoms with van der Waals surface area (Å²) in [6.45, 7) is 0.428. The number of nitrogens with zero attached hydrogens (tertiary/aromatic N) is 6. The van der Waals surface area contributed by atoms with Gasteiger partial charge in [0.05, 0.1) is 18.3 Å². The van der Waals surface area contributed by atoms with Crippen molar-refractivity contribution < 1.29 is 19.5 Å². The van der Waals surface area contributed by atoms with Crippen LogP contribution in [0.3, 0.4) is 0 Å². The van der Waals surface area contributed by atoms with Crippen molar-refractivity contribution in [2.24, 2.45) is 21.3 Å². The van der Waals surface area contributed by atoms with Gasteiger partial charge in [-0.1, -0.05) is 45.8 Å². The summed E-state index contributed by atoms with van der Waals surface area (Å²) in [4.78, 5) is 39.8. The number of hydrogen-bond donors (Lipinski definition) is 6. The molecule has 1 aliphatic carbocycles. The van der Waals surface area contributed by atoms with E-state index in [2.05, 4.69) is 46.0 Å². The SMILES string of the molecule is [N-]=[N+]=NCC1=CCC(NC(=O)Nc2ccc(-c3nsc(NC(=O)NCCCO)c3C(=O)N=NN)cc2)C=C1. The molecule has 1 unspecified atom stereocenters. The minimum Gasteiger partial charge on any atom is -0.396 e. The summed E-state index contributed by atoms with van der Waals surface area (Å²) in [6.07, 6.45) is 6.46. The summed E-state index contributed by atoms with van der Waals surface area (Å²) in [5.41, 5.74) is 10.6. The average molecular weight is 540 g/mol. The van der Waals surface area contributed by atoms with Crippen molar-refractivity contribution in [2.75, 3.05) is 30.3 Å². The van der Waals surface area contributed by atoms with Gasteiger partial charge in [0.2, 0.25) is 0 Å². The number of azide groups is 1. The number of anilines is 2. The number of carbonyl (C=O) groups excluding carboxylic acids is 3. The lowest BCUT2D eigenvalue weighted by Gasteiger charge is -2.18. The zero-order valence-corrected chi connectivity index (χ0v) is 20.8. The zero-order chi connectivity index (χ0) is 27.3. The van der Waals surface area contributed by atoms with E-state index in [4.69, 9.17) is 16.5 Å². The van der Waals surface area contributed by atoms with Crippen molar-refractivity contribution in [1.29, 1.82) is 0 Å². The molecule has 1 aliphatic rings. The van der Waals surface area contributed by atoms with Gasteiger partial charge in [0.25, 0.3) is 0 Å². The van der Waals surface area contributed by atoms with Gasteiger partial charge in [0, 0.05) is 29.3 Å². The van der Waals surface area contributed by atoms with Crippen LogP contribution in [0.4, 0.5) is 20.3 Å². The van der Waals surface area contributed by atoms with Crippen LogP contribution in [0.5, 0.6) is 0 Å². The molecule has 0 fully saturated rings. The molecule has 2 aromatic rings. The lowest BCUT2D eigenvalue weighted by atomic mass is 10.0. The van der Waals surface area contributed by atoms with E-state index >= 15 is 0 Å². The number of rotatable bonds is 10. The van der Waals surface area contributed by atoms with Crippen LogP contribution in [-0.4, -0.2) is 53.2 Å². The van der Waals surface area contributed by atoms with Crippen LogP contribution in [0.2, 0.25) is 0 Å². The first-order valence-corrected chi connectivity index (χ1v) is 12.1. The Balaban J connectivity index is 1.66. The van der Waals surface area contributed by atoms with Gasteiger partial charge in [-0.05, 0) is 47.6 Å². The van der Waals surface area contributed by atoms with Gasteiger partial charge in [-0.25, -0.2) is 9.59 Å². The van der Waals surface area contributed by atoms with Crippen LogP contribution < -0.4 is 27.1 Å². The normalized spacial score (nSPS) is 14.3. The average Bonchev–Trinajstić information content (AvgIpc) is 3.32. The molecule has 1 atom stereocenters. The first-order valence-electron chi connectivity index (χ1n) is 11.3. The standard InChI is InChI=1S/C22H25N11O4S/c23-32-26-12-13-2-6-15(7-3-13)27-22(37)28-16-8-4-14(5-9-16)18-17(19(35)30-33-24)20(38-31-18)29-21(36)25-10-1-11-34/h2-6,8-9,15,34H,1,7,10-12H2,(H2,24,30,35)(H2,25,29,36)(H2,27,28,37). The predicted molar refractivity (Wildman–Crippen MR) is 141 cm³/mol. The Labute approximate surface area is 220 Å². The summed E-state index contributed by atoms with van der Waals surface area (Å²) in [6, 6.07) is 5.37. The van der Waals surface area contributed by atoms with Crippen molar-refractivity contribution in [2.45, 2.75) is 18.9 Å². The molecular weight excluding hydrogens is 514 g/mol. The fraction of sp³-hybridized carbons (Fsp3) is 0.273. The number of aliphatic hydroxyl groups excluding tert-OH is 1. The number of nitrogens with two attached hydrogens (primary N) is 1. The summed E-state index contributed by atoms with van der Waals surface area (Å²) >= 11 is 0.882. The van der Waals surface area contributed by atoms with E-state index in [0.717, 1.165) is 17.1 Å². The van der Waals surface area contributed by atoms with Crippen molar-refractivity contribution in [3.63, 3.8) is 0 Å². The summed E-state index contributed by atoms with van der Waals surface area (Å²) in [5, 5.41) is 29.6. The van der Waals surface area contributed by atoms with Gasteiger partial charge in [-0.15, -0.1) is 0 Å². The molecular formula is C22H25N11O4S. The van der Waals surface area contributed by atoms with E-state index in [1.54, 1.807) is 30.3 Å². The summed E-state index contributed by atoms with van der Waals surface area (Å²) in [7, 11) is 0. The first kappa shape index (κ1) is 27.8. The second-order valence-electron chi connectivity index (χ2n) is 7.76. The highest BCUT2D eigenvalue weighted by molar-refractivity contribution is 7.11. The van der Waals surface area contributed by atoms with Crippen LogP contribution in [0.25, 0.3) is 21.7 Å². The van der Waals surface area contributed by atoms with Gasteiger partial charge in [-0.2, -0.15) is 4.37 Å². The number of hydrogen-bond acceptors (Lipinski definition) is 8.